The first-order valence-electron chi connectivity index (χ1n) is 8.83. The molecule has 0 radical (unpaired) electrons. The van der Waals surface area contributed by atoms with Gasteiger partial charge in [0.15, 0.2) is 0 Å². The number of aliphatic imine (C=N–C) groups is 1. The number of halogens is 1. The van der Waals surface area contributed by atoms with Gasteiger partial charge in [0.25, 0.3) is 5.91 Å². The van der Waals surface area contributed by atoms with Crippen molar-refractivity contribution in [1.82, 2.24) is 5.32 Å². The topological polar surface area (TPSA) is 56.5 Å². The molecule has 2 rings (SSSR count). The van der Waals surface area contributed by atoms with Gasteiger partial charge < -0.3 is 26.4 Å². The van der Waals surface area contributed by atoms with Gasteiger partial charge in [-0.2, -0.15) is 0 Å². The molecule has 1 aromatic carbocycles. The van der Waals surface area contributed by atoms with Crippen LogP contribution in [0.3, 0.4) is 0 Å². The number of carbonyl (C=O) groups is 1. The fourth-order valence-corrected chi connectivity index (χ4v) is 2.48. The molecular weight excluding hydrogens is 394 g/mol. The molecule has 1 amide bonds. The number of hydrogen-bond donors (Lipinski definition) is 2. The Morgan fingerprint density at radius 2 is 2.17 bits per heavy atom. The number of anilines is 1. The Kier molecular flexibility index (Phi) is 11.1. The summed E-state index contributed by atoms with van der Waals surface area (Å²) in [6.07, 6.45) is 10.3. The van der Waals surface area contributed by atoms with Crippen molar-refractivity contribution in [3.05, 3.63) is 85.0 Å². The van der Waals surface area contributed by atoms with Crippen LogP contribution in [-0.2, 0) is 4.79 Å². The molecule has 146 valence electrons. The molecule has 1 aromatic rings. The molecule has 0 saturated carbocycles. The standard InChI is InChI=1S/C22H24FN4O.K/c1-5-8-21(23)20(6-2)22(28)26-18-10-7-9-17(13-18)16(3)24-11-12-25-19-14-27(4)15-19;/h5-10,12-16,24H,1H2,2-4H3,(H,26,28);/q-1;+1/b20-6+,21-8+;. The molecule has 0 aromatic heterocycles. The van der Waals surface area contributed by atoms with Gasteiger partial charge in [-0.3, -0.25) is 4.79 Å². The minimum atomic E-state index is -0.630. The smallest absolute Gasteiger partial charge is 0.560 e. The molecule has 1 atom stereocenters. The summed E-state index contributed by atoms with van der Waals surface area (Å²) in [6.45, 7) is 8.92. The molecular formula is C22H24FKN4O. The van der Waals surface area contributed by atoms with Crippen LogP contribution < -0.4 is 62.0 Å². The monoisotopic (exact) mass is 418 g/mol. The summed E-state index contributed by atoms with van der Waals surface area (Å²) in [5.41, 5.74) is 2.36. The minimum Gasteiger partial charge on any atom is -0.560 e. The number of amides is 1. The molecule has 5 nitrogen and oxygen atoms in total. The zero-order chi connectivity index (χ0) is 20.5. The predicted molar refractivity (Wildman–Crippen MR) is 112 cm³/mol. The van der Waals surface area contributed by atoms with Crippen LogP contribution in [0.2, 0.25) is 0 Å². The van der Waals surface area contributed by atoms with E-state index in [-0.39, 0.29) is 63.0 Å². The molecule has 0 bridgehead atoms. The molecule has 1 aliphatic rings. The maximum Gasteiger partial charge on any atom is 1.00 e. The fourth-order valence-electron chi connectivity index (χ4n) is 2.48. The van der Waals surface area contributed by atoms with E-state index in [2.05, 4.69) is 28.4 Å². The van der Waals surface area contributed by atoms with Crippen molar-refractivity contribution in [1.29, 1.82) is 0 Å². The zero-order valence-electron chi connectivity index (χ0n) is 17.2. The van der Waals surface area contributed by atoms with Gasteiger partial charge in [-0.1, -0.05) is 30.9 Å². The van der Waals surface area contributed by atoms with E-state index in [4.69, 9.17) is 0 Å². The third-order valence-corrected chi connectivity index (χ3v) is 3.95. The van der Waals surface area contributed by atoms with Crippen LogP contribution >= 0.6 is 0 Å². The summed E-state index contributed by atoms with van der Waals surface area (Å²) >= 11 is 0. The Labute approximate surface area is 214 Å². The molecule has 1 heterocycles. The van der Waals surface area contributed by atoms with E-state index in [9.17, 15) is 9.18 Å². The van der Waals surface area contributed by atoms with Gasteiger partial charge in [0, 0.05) is 11.7 Å². The zero-order valence-corrected chi connectivity index (χ0v) is 20.4. The second-order valence-electron chi connectivity index (χ2n) is 6.15. The Morgan fingerprint density at radius 3 is 2.79 bits per heavy atom. The van der Waals surface area contributed by atoms with Crippen LogP contribution in [0.25, 0.3) is 0 Å². The average Bonchev–Trinajstić information content (AvgIpc) is 2.64. The summed E-state index contributed by atoms with van der Waals surface area (Å²) in [5, 5.41) is 5.82. The number of nitrogens with zero attached hydrogens (tertiary/aromatic N) is 2. The maximum absolute atomic E-state index is 13.9. The maximum atomic E-state index is 13.9. The number of carbonyl (C=O) groups excluding carboxylic acids is 1. The minimum absolute atomic E-state index is 0. The van der Waals surface area contributed by atoms with Crippen molar-refractivity contribution in [3.8, 4) is 0 Å². The third kappa shape index (κ3) is 7.87. The molecule has 7 heteroatoms. The molecule has 2 N–H and O–H groups in total. The Morgan fingerprint density at radius 1 is 1.45 bits per heavy atom. The molecule has 1 aliphatic heterocycles. The van der Waals surface area contributed by atoms with Crippen LogP contribution in [0.1, 0.15) is 25.5 Å². The van der Waals surface area contributed by atoms with E-state index in [1.165, 1.54) is 12.2 Å². The Bertz CT molecular complexity index is 900. The molecule has 0 fully saturated rings. The first kappa shape index (κ1) is 25.3. The number of benzene rings is 1. The number of hydrogen-bond acceptors (Lipinski definition) is 3. The molecule has 0 aliphatic carbocycles. The molecule has 1 unspecified atom stereocenters. The van der Waals surface area contributed by atoms with Crippen molar-refractivity contribution in [2.75, 3.05) is 12.4 Å². The van der Waals surface area contributed by atoms with Gasteiger partial charge in [-0.25, -0.2) is 4.39 Å². The van der Waals surface area contributed by atoms with Gasteiger partial charge in [0.1, 0.15) is 12.9 Å². The molecule has 0 spiro atoms. The van der Waals surface area contributed by atoms with Crippen molar-refractivity contribution in [2.24, 2.45) is 4.99 Å². The van der Waals surface area contributed by atoms with Crippen molar-refractivity contribution in [2.45, 2.75) is 19.9 Å². The fraction of sp³-hybridized carbons (Fsp3) is 0.182. The van der Waals surface area contributed by atoms with E-state index in [0.717, 1.165) is 17.4 Å². The van der Waals surface area contributed by atoms with Crippen molar-refractivity contribution in [3.63, 3.8) is 0 Å². The number of allylic oxidation sites excluding steroid dienone is 3. The third-order valence-electron chi connectivity index (χ3n) is 3.95. The van der Waals surface area contributed by atoms with Gasteiger partial charge in [-0.05, 0) is 37.6 Å². The van der Waals surface area contributed by atoms with Crippen LogP contribution in [0.15, 0.2) is 71.7 Å². The SMILES string of the molecule is C=C/C=C(F)\C(=C/C)C(=O)Nc1cccc(C(C)N[C-]=CN=C2C=[N+](C)[CH-]2)c1.[K+]. The summed E-state index contributed by atoms with van der Waals surface area (Å²) < 4.78 is 15.8. The van der Waals surface area contributed by atoms with E-state index in [1.54, 1.807) is 19.2 Å². The van der Waals surface area contributed by atoms with Crippen molar-refractivity contribution >= 4 is 23.5 Å². The van der Waals surface area contributed by atoms with Gasteiger partial charge in [0.2, 0.25) is 0 Å². The van der Waals surface area contributed by atoms with Gasteiger partial charge >= 0.3 is 51.4 Å². The summed E-state index contributed by atoms with van der Waals surface area (Å²) in [4.78, 5) is 16.5. The van der Waals surface area contributed by atoms with E-state index < -0.39 is 11.7 Å². The van der Waals surface area contributed by atoms with Crippen LogP contribution in [0.5, 0.6) is 0 Å². The summed E-state index contributed by atoms with van der Waals surface area (Å²) in [7, 11) is 1.93. The van der Waals surface area contributed by atoms with Gasteiger partial charge in [-0.15, -0.1) is 6.20 Å². The largest absolute Gasteiger partial charge is 1.00 e. The van der Waals surface area contributed by atoms with Crippen LogP contribution in [0.4, 0.5) is 10.1 Å². The predicted octanol–water partition coefficient (Wildman–Crippen LogP) is 0.869. The van der Waals surface area contributed by atoms with Crippen molar-refractivity contribution < 1.29 is 65.1 Å². The summed E-state index contributed by atoms with van der Waals surface area (Å²) in [5.74, 6) is -1.15. The second-order valence-corrected chi connectivity index (χ2v) is 6.15. The van der Waals surface area contributed by atoms with Crippen LogP contribution in [-0.4, -0.2) is 29.5 Å². The van der Waals surface area contributed by atoms with E-state index in [1.807, 2.05) is 49.5 Å². The molecule has 0 saturated heterocycles. The van der Waals surface area contributed by atoms with E-state index in [0.29, 0.717) is 5.69 Å². The Balaban J connectivity index is 0.00000420. The quantitative estimate of drug-likeness (QED) is 0.164. The Hall–Kier alpha value is -1.77. The normalized spacial score (nSPS) is 16.3. The number of rotatable bonds is 8. The van der Waals surface area contributed by atoms with Crippen LogP contribution in [0, 0.1) is 12.7 Å². The first-order chi connectivity index (χ1) is 13.4. The van der Waals surface area contributed by atoms with Gasteiger partial charge in [0.05, 0.1) is 24.0 Å². The summed E-state index contributed by atoms with van der Waals surface area (Å²) in [6, 6.07) is 7.28. The number of nitrogens with one attached hydrogen (secondary N) is 2. The molecule has 29 heavy (non-hydrogen) atoms. The first-order valence-corrected chi connectivity index (χ1v) is 8.83. The average molecular weight is 419 g/mol. The van der Waals surface area contributed by atoms with E-state index >= 15 is 0 Å². The second kappa shape index (κ2) is 12.7.